The van der Waals surface area contributed by atoms with Crippen LogP contribution >= 0.6 is 0 Å². The lowest BCUT2D eigenvalue weighted by Crippen LogP contribution is -2.30. The third kappa shape index (κ3) is 11.1. The summed E-state index contributed by atoms with van der Waals surface area (Å²) in [5.74, 6) is -0.149. The number of rotatable bonds is 6. The summed E-state index contributed by atoms with van der Waals surface area (Å²) in [7, 11) is -3.42. The molecule has 0 aromatic heterocycles. The van der Waals surface area contributed by atoms with Crippen LogP contribution in [-0.2, 0) is 14.8 Å². The van der Waals surface area contributed by atoms with E-state index < -0.39 is 16.1 Å². The highest BCUT2D eigenvalue weighted by atomic mass is 32.2. The van der Waals surface area contributed by atoms with E-state index in [4.69, 9.17) is 5.14 Å². The van der Waals surface area contributed by atoms with Gasteiger partial charge in [-0.25, -0.2) is 18.4 Å². The summed E-state index contributed by atoms with van der Waals surface area (Å²) < 4.78 is 25.2. The largest absolute Gasteiger partial charge is 0.448 e. The summed E-state index contributed by atoms with van der Waals surface area (Å²) in [6, 6.07) is 0. The molecule has 0 atom stereocenters. The first kappa shape index (κ1) is 12.1. The summed E-state index contributed by atoms with van der Waals surface area (Å²) in [5.41, 5.74) is 4.67. The second kappa shape index (κ2) is 5.73. The van der Waals surface area contributed by atoms with Crippen molar-refractivity contribution in [1.29, 1.82) is 0 Å². The van der Waals surface area contributed by atoms with E-state index in [9.17, 15) is 13.2 Å². The fraction of sp³-hybridized carbons (Fsp3) is 0.800. The first-order chi connectivity index (χ1) is 5.92. The Bertz CT molecular complexity index is 251. The van der Waals surface area contributed by atoms with Gasteiger partial charge in [0.2, 0.25) is 10.0 Å². The van der Waals surface area contributed by atoms with Gasteiger partial charge >= 0.3 is 6.09 Å². The van der Waals surface area contributed by atoms with E-state index in [1.54, 1.807) is 0 Å². The van der Waals surface area contributed by atoms with E-state index in [1.807, 2.05) is 0 Å². The minimum Gasteiger partial charge on any atom is -0.448 e. The van der Waals surface area contributed by atoms with Gasteiger partial charge in [0.25, 0.3) is 0 Å². The molecule has 0 rings (SSSR count). The Labute approximate surface area is 76.5 Å². The number of nitrogens with one attached hydrogen (secondary N) is 1. The van der Waals surface area contributed by atoms with Gasteiger partial charge in [-0.1, -0.05) is 0 Å². The Kier molecular flexibility index (Phi) is 5.35. The number of primary sulfonamides is 1. The van der Waals surface area contributed by atoms with Crippen molar-refractivity contribution < 1.29 is 17.9 Å². The summed E-state index contributed by atoms with van der Waals surface area (Å²) in [5, 5.41) is 7.43. The van der Waals surface area contributed by atoms with Crippen LogP contribution in [0.3, 0.4) is 0 Å². The molecule has 78 valence electrons. The van der Waals surface area contributed by atoms with Crippen molar-refractivity contribution in [2.45, 2.75) is 0 Å². The average Bonchev–Trinajstić information content (AvgIpc) is 1.93. The predicted molar refractivity (Wildman–Crippen MR) is 46.4 cm³/mol. The monoisotopic (exact) mass is 211 g/mol. The second-order valence-corrected chi connectivity index (χ2v) is 4.02. The number of sulfonamides is 1. The van der Waals surface area contributed by atoms with Crippen molar-refractivity contribution >= 4 is 16.1 Å². The molecule has 1 amide bonds. The van der Waals surface area contributed by atoms with Crippen molar-refractivity contribution in [3.63, 3.8) is 0 Å². The topological polar surface area (TPSA) is 125 Å². The SMILES string of the molecule is NC(=O)OCCNCCS(N)(=O)=O. The molecule has 0 bridgehead atoms. The summed E-state index contributed by atoms with van der Waals surface area (Å²) in [6.45, 7) is 0.680. The minimum atomic E-state index is -3.42. The Morgan fingerprint density at radius 1 is 1.38 bits per heavy atom. The molecule has 0 saturated heterocycles. The molecule has 0 aromatic carbocycles. The lowest BCUT2D eigenvalue weighted by atomic mass is 10.6. The van der Waals surface area contributed by atoms with Crippen LogP contribution in [0.1, 0.15) is 0 Å². The van der Waals surface area contributed by atoms with Crippen molar-refractivity contribution in [1.82, 2.24) is 5.32 Å². The van der Waals surface area contributed by atoms with Gasteiger partial charge in [0.15, 0.2) is 0 Å². The van der Waals surface area contributed by atoms with Gasteiger partial charge in [0.1, 0.15) is 6.61 Å². The summed E-state index contributed by atoms with van der Waals surface area (Å²) >= 11 is 0. The van der Waals surface area contributed by atoms with E-state index in [-0.39, 0.29) is 18.9 Å². The number of amides is 1. The fourth-order valence-electron chi connectivity index (χ4n) is 0.563. The number of ether oxygens (including phenoxy) is 1. The first-order valence-corrected chi connectivity index (χ1v) is 5.27. The molecular weight excluding hydrogens is 198 g/mol. The normalized spacial score (nSPS) is 11.2. The number of hydrogen-bond acceptors (Lipinski definition) is 5. The number of carbonyl (C=O) groups excluding carboxylic acids is 1. The number of hydrogen-bond donors (Lipinski definition) is 3. The number of nitrogens with two attached hydrogens (primary N) is 2. The van der Waals surface area contributed by atoms with Crippen molar-refractivity contribution in [2.75, 3.05) is 25.4 Å². The van der Waals surface area contributed by atoms with Crippen molar-refractivity contribution in [2.24, 2.45) is 10.9 Å². The van der Waals surface area contributed by atoms with Crippen LogP contribution in [0.15, 0.2) is 0 Å². The molecule has 13 heavy (non-hydrogen) atoms. The van der Waals surface area contributed by atoms with E-state index in [0.717, 1.165) is 0 Å². The molecule has 5 N–H and O–H groups in total. The average molecular weight is 211 g/mol. The molecular formula is C5H13N3O4S. The fourth-order valence-corrected chi connectivity index (χ4v) is 0.992. The van der Waals surface area contributed by atoms with Gasteiger partial charge < -0.3 is 15.8 Å². The maximum absolute atomic E-state index is 10.4. The van der Waals surface area contributed by atoms with Crippen LogP contribution in [0, 0.1) is 0 Å². The van der Waals surface area contributed by atoms with Crippen LogP contribution in [-0.4, -0.2) is 40.0 Å². The molecule has 7 nitrogen and oxygen atoms in total. The molecule has 0 unspecified atom stereocenters. The standard InChI is InChI=1S/C5H13N3O4S/c6-5(9)12-3-1-8-2-4-13(7,10)11/h8H,1-4H2,(H2,6,9)(H2,7,10,11). The van der Waals surface area contributed by atoms with Gasteiger partial charge in [-0.2, -0.15) is 0 Å². The maximum atomic E-state index is 10.4. The van der Waals surface area contributed by atoms with Crippen LogP contribution < -0.4 is 16.2 Å². The van der Waals surface area contributed by atoms with Crippen LogP contribution in [0.25, 0.3) is 0 Å². The highest BCUT2D eigenvalue weighted by Crippen LogP contribution is 1.75. The Morgan fingerprint density at radius 2 is 2.00 bits per heavy atom. The van der Waals surface area contributed by atoms with Gasteiger partial charge in [-0.15, -0.1) is 0 Å². The van der Waals surface area contributed by atoms with Gasteiger partial charge in [-0.3, -0.25) is 0 Å². The molecule has 0 fully saturated rings. The molecule has 0 aromatic rings. The highest BCUT2D eigenvalue weighted by molar-refractivity contribution is 7.89. The quantitative estimate of drug-likeness (QED) is 0.436. The predicted octanol–water partition coefficient (Wildman–Crippen LogP) is -2.04. The highest BCUT2D eigenvalue weighted by Gasteiger charge is 2.00. The number of carbonyl (C=O) groups is 1. The first-order valence-electron chi connectivity index (χ1n) is 3.55. The van der Waals surface area contributed by atoms with Crippen LogP contribution in [0.2, 0.25) is 0 Å². The van der Waals surface area contributed by atoms with Crippen molar-refractivity contribution in [3.05, 3.63) is 0 Å². The molecule has 8 heteroatoms. The molecule has 0 aliphatic rings. The van der Waals surface area contributed by atoms with Gasteiger partial charge in [0, 0.05) is 13.1 Å². The van der Waals surface area contributed by atoms with Crippen molar-refractivity contribution in [3.8, 4) is 0 Å². The smallest absolute Gasteiger partial charge is 0.404 e. The lowest BCUT2D eigenvalue weighted by Gasteiger charge is -2.03. The zero-order valence-corrected chi connectivity index (χ0v) is 7.84. The third-order valence-corrected chi connectivity index (χ3v) is 1.86. The van der Waals surface area contributed by atoms with Gasteiger partial charge in [-0.05, 0) is 0 Å². The van der Waals surface area contributed by atoms with Crippen LogP contribution in [0.4, 0.5) is 4.79 Å². The Morgan fingerprint density at radius 3 is 2.46 bits per heavy atom. The molecule has 0 radical (unpaired) electrons. The van der Waals surface area contributed by atoms with Crippen LogP contribution in [0.5, 0.6) is 0 Å². The van der Waals surface area contributed by atoms with E-state index >= 15 is 0 Å². The molecule has 0 saturated carbocycles. The summed E-state index contributed by atoms with van der Waals surface area (Å²) in [6.07, 6.45) is -0.853. The summed E-state index contributed by atoms with van der Waals surface area (Å²) in [4.78, 5) is 10.0. The molecule has 0 aliphatic heterocycles. The minimum absolute atomic E-state index is 0.111. The zero-order chi connectivity index (χ0) is 10.3. The Hall–Kier alpha value is -0.860. The maximum Gasteiger partial charge on any atom is 0.404 e. The second-order valence-electron chi connectivity index (χ2n) is 2.28. The van der Waals surface area contributed by atoms with E-state index in [2.05, 4.69) is 15.8 Å². The van der Waals surface area contributed by atoms with E-state index in [1.165, 1.54) is 0 Å². The van der Waals surface area contributed by atoms with E-state index in [0.29, 0.717) is 6.54 Å². The molecule has 0 heterocycles. The lowest BCUT2D eigenvalue weighted by molar-refractivity contribution is 0.157. The Balaban J connectivity index is 3.23. The number of primary amides is 1. The molecule has 0 spiro atoms. The zero-order valence-electron chi connectivity index (χ0n) is 7.02. The van der Waals surface area contributed by atoms with Gasteiger partial charge in [0.05, 0.1) is 5.75 Å². The molecule has 0 aliphatic carbocycles. The third-order valence-electron chi connectivity index (χ3n) is 1.09.